The highest BCUT2D eigenvalue weighted by atomic mass is 16.6. The number of hydrogen-bond donors (Lipinski definition) is 2. The molecule has 19 heavy (non-hydrogen) atoms. The van der Waals surface area contributed by atoms with E-state index >= 15 is 0 Å². The summed E-state index contributed by atoms with van der Waals surface area (Å²) in [4.78, 5) is 12.0. The van der Waals surface area contributed by atoms with Crippen molar-refractivity contribution in [3.05, 3.63) is 39.9 Å². The SMILES string of the molecule is CC(C)N(CCO)C[C@@H](O)c1ccc([N+](=O)[O-])cc1. The number of aliphatic hydroxyl groups excluding tert-OH is 2. The van der Waals surface area contributed by atoms with Gasteiger partial charge < -0.3 is 10.2 Å². The molecule has 0 aromatic heterocycles. The Hall–Kier alpha value is -1.50. The molecule has 1 aromatic rings. The molecule has 0 heterocycles. The van der Waals surface area contributed by atoms with Gasteiger partial charge in [-0.15, -0.1) is 0 Å². The fourth-order valence-electron chi connectivity index (χ4n) is 1.83. The molecule has 0 aliphatic heterocycles. The van der Waals surface area contributed by atoms with Crippen molar-refractivity contribution in [1.29, 1.82) is 0 Å². The third-order valence-corrected chi connectivity index (χ3v) is 3.01. The Morgan fingerprint density at radius 1 is 1.32 bits per heavy atom. The fraction of sp³-hybridized carbons (Fsp3) is 0.538. The molecule has 0 saturated heterocycles. The first-order chi connectivity index (χ1) is 8.95. The molecule has 0 unspecified atom stereocenters. The highest BCUT2D eigenvalue weighted by molar-refractivity contribution is 5.33. The third-order valence-electron chi connectivity index (χ3n) is 3.01. The summed E-state index contributed by atoms with van der Waals surface area (Å²) in [5.41, 5.74) is 0.640. The molecule has 0 saturated carbocycles. The number of aliphatic hydroxyl groups is 2. The smallest absolute Gasteiger partial charge is 0.269 e. The maximum absolute atomic E-state index is 10.5. The second kappa shape index (κ2) is 7.18. The zero-order chi connectivity index (χ0) is 14.4. The average molecular weight is 268 g/mol. The Labute approximate surface area is 112 Å². The van der Waals surface area contributed by atoms with Gasteiger partial charge in [0.1, 0.15) is 0 Å². The zero-order valence-corrected chi connectivity index (χ0v) is 11.2. The lowest BCUT2D eigenvalue weighted by molar-refractivity contribution is -0.384. The van der Waals surface area contributed by atoms with E-state index < -0.39 is 11.0 Å². The van der Waals surface area contributed by atoms with Gasteiger partial charge in [0.05, 0.1) is 17.6 Å². The van der Waals surface area contributed by atoms with Crippen molar-refractivity contribution in [2.24, 2.45) is 0 Å². The van der Waals surface area contributed by atoms with Gasteiger partial charge in [0, 0.05) is 31.3 Å². The minimum Gasteiger partial charge on any atom is -0.395 e. The molecule has 0 spiro atoms. The second-order valence-corrected chi connectivity index (χ2v) is 4.68. The second-order valence-electron chi connectivity index (χ2n) is 4.68. The van der Waals surface area contributed by atoms with Crippen molar-refractivity contribution in [3.8, 4) is 0 Å². The van der Waals surface area contributed by atoms with Crippen molar-refractivity contribution in [3.63, 3.8) is 0 Å². The van der Waals surface area contributed by atoms with Crippen molar-refractivity contribution in [2.75, 3.05) is 19.7 Å². The maximum atomic E-state index is 10.5. The quantitative estimate of drug-likeness (QED) is 0.575. The Morgan fingerprint density at radius 2 is 1.89 bits per heavy atom. The van der Waals surface area contributed by atoms with E-state index in [1.54, 1.807) is 12.1 Å². The highest BCUT2D eigenvalue weighted by Gasteiger charge is 2.16. The minimum absolute atomic E-state index is 0.00650. The van der Waals surface area contributed by atoms with Gasteiger partial charge in [0.2, 0.25) is 0 Å². The van der Waals surface area contributed by atoms with Crippen molar-refractivity contribution in [2.45, 2.75) is 26.0 Å². The van der Waals surface area contributed by atoms with E-state index in [1.165, 1.54) is 12.1 Å². The summed E-state index contributed by atoms with van der Waals surface area (Å²) in [6.07, 6.45) is -0.727. The fourth-order valence-corrected chi connectivity index (χ4v) is 1.83. The molecular weight excluding hydrogens is 248 g/mol. The third kappa shape index (κ3) is 4.59. The Balaban J connectivity index is 2.71. The van der Waals surface area contributed by atoms with Crippen LogP contribution in [0.2, 0.25) is 0 Å². The monoisotopic (exact) mass is 268 g/mol. The van der Waals surface area contributed by atoms with Crippen LogP contribution in [0.3, 0.4) is 0 Å². The van der Waals surface area contributed by atoms with Crippen LogP contribution in [0.5, 0.6) is 0 Å². The van der Waals surface area contributed by atoms with Crippen LogP contribution in [-0.2, 0) is 0 Å². The topological polar surface area (TPSA) is 86.8 Å². The molecule has 2 N–H and O–H groups in total. The maximum Gasteiger partial charge on any atom is 0.269 e. The number of hydrogen-bond acceptors (Lipinski definition) is 5. The van der Waals surface area contributed by atoms with Gasteiger partial charge in [-0.2, -0.15) is 0 Å². The van der Waals surface area contributed by atoms with Gasteiger partial charge in [-0.05, 0) is 31.5 Å². The minimum atomic E-state index is -0.727. The molecule has 0 radical (unpaired) electrons. The lowest BCUT2D eigenvalue weighted by Crippen LogP contribution is -2.36. The first-order valence-electron chi connectivity index (χ1n) is 6.23. The summed E-state index contributed by atoms with van der Waals surface area (Å²) >= 11 is 0. The van der Waals surface area contributed by atoms with Gasteiger partial charge in [-0.1, -0.05) is 0 Å². The summed E-state index contributed by atoms with van der Waals surface area (Å²) in [7, 11) is 0. The van der Waals surface area contributed by atoms with Crippen LogP contribution in [0.25, 0.3) is 0 Å². The number of nitro groups is 1. The summed E-state index contributed by atoms with van der Waals surface area (Å²) in [5, 5.41) is 29.6. The standard InChI is InChI=1S/C13H20N2O4/c1-10(2)14(7-8-16)9-13(17)11-3-5-12(6-4-11)15(18)19/h3-6,10,13,16-17H,7-9H2,1-2H3/t13-/m1/s1. The lowest BCUT2D eigenvalue weighted by atomic mass is 10.1. The van der Waals surface area contributed by atoms with Crippen LogP contribution in [0, 0.1) is 10.1 Å². The molecule has 0 aliphatic rings. The van der Waals surface area contributed by atoms with Crippen molar-refractivity contribution < 1.29 is 15.1 Å². The van der Waals surface area contributed by atoms with Crippen molar-refractivity contribution >= 4 is 5.69 Å². The summed E-state index contributed by atoms with van der Waals surface area (Å²) in [6, 6.07) is 6.08. The summed E-state index contributed by atoms with van der Waals surface area (Å²) in [6.45, 7) is 4.87. The number of benzene rings is 1. The molecule has 6 heteroatoms. The molecule has 1 aromatic carbocycles. The van der Waals surface area contributed by atoms with E-state index in [-0.39, 0.29) is 18.3 Å². The van der Waals surface area contributed by atoms with E-state index in [0.717, 1.165) is 0 Å². The van der Waals surface area contributed by atoms with Crippen LogP contribution in [0.1, 0.15) is 25.5 Å². The number of nitro benzene ring substituents is 1. The summed E-state index contributed by atoms with van der Waals surface area (Å²) < 4.78 is 0. The Bertz CT molecular complexity index is 406. The predicted molar refractivity (Wildman–Crippen MR) is 71.9 cm³/mol. The van der Waals surface area contributed by atoms with Crippen LogP contribution < -0.4 is 0 Å². The van der Waals surface area contributed by atoms with Gasteiger partial charge in [-0.3, -0.25) is 15.0 Å². The van der Waals surface area contributed by atoms with Gasteiger partial charge in [0.25, 0.3) is 5.69 Å². The molecule has 0 bridgehead atoms. The van der Waals surface area contributed by atoms with E-state index in [4.69, 9.17) is 5.11 Å². The molecule has 1 rings (SSSR count). The largest absolute Gasteiger partial charge is 0.395 e. The van der Waals surface area contributed by atoms with Crippen LogP contribution >= 0.6 is 0 Å². The molecule has 6 nitrogen and oxygen atoms in total. The normalized spacial score (nSPS) is 12.9. The molecule has 1 atom stereocenters. The van der Waals surface area contributed by atoms with Gasteiger partial charge in [-0.25, -0.2) is 0 Å². The van der Waals surface area contributed by atoms with Crippen molar-refractivity contribution in [1.82, 2.24) is 4.90 Å². The van der Waals surface area contributed by atoms with Gasteiger partial charge in [0.15, 0.2) is 0 Å². The molecule has 106 valence electrons. The zero-order valence-electron chi connectivity index (χ0n) is 11.2. The molecule has 0 amide bonds. The lowest BCUT2D eigenvalue weighted by Gasteiger charge is -2.28. The van der Waals surface area contributed by atoms with Gasteiger partial charge >= 0.3 is 0 Å². The van der Waals surface area contributed by atoms with E-state index in [9.17, 15) is 15.2 Å². The van der Waals surface area contributed by atoms with E-state index in [2.05, 4.69) is 0 Å². The first kappa shape index (κ1) is 15.6. The van der Waals surface area contributed by atoms with E-state index in [1.807, 2.05) is 18.7 Å². The van der Waals surface area contributed by atoms with Crippen LogP contribution in [0.4, 0.5) is 5.69 Å². The number of non-ortho nitro benzene ring substituents is 1. The predicted octanol–water partition coefficient (Wildman–Crippen LogP) is 1.33. The average Bonchev–Trinajstić information content (AvgIpc) is 2.38. The Kier molecular flexibility index (Phi) is 5.88. The van der Waals surface area contributed by atoms with E-state index in [0.29, 0.717) is 18.7 Å². The Morgan fingerprint density at radius 3 is 2.32 bits per heavy atom. The molecule has 0 fully saturated rings. The first-order valence-corrected chi connectivity index (χ1v) is 6.23. The molecule has 0 aliphatic carbocycles. The number of nitrogens with zero attached hydrogens (tertiary/aromatic N) is 2. The molecular formula is C13H20N2O4. The number of rotatable bonds is 7. The van der Waals surface area contributed by atoms with Crippen LogP contribution in [0.15, 0.2) is 24.3 Å². The highest BCUT2D eigenvalue weighted by Crippen LogP contribution is 2.19. The summed E-state index contributed by atoms with van der Waals surface area (Å²) in [5.74, 6) is 0. The van der Waals surface area contributed by atoms with Crippen LogP contribution in [-0.4, -0.2) is 45.8 Å².